The van der Waals surface area contributed by atoms with Crippen molar-refractivity contribution in [3.8, 4) is 0 Å². The second kappa shape index (κ2) is 4.48. The summed E-state index contributed by atoms with van der Waals surface area (Å²) in [6.45, 7) is 0. The standard InChI is InChI=1S/C11H9N3O3/c15-10(9-12-5-6-13-9)14-8-3-1-7(2-4-8)11(16)17/h1-6H,(H,12,13)(H,14,15)(H,16,17). The molecular formula is C11H9N3O3. The van der Waals surface area contributed by atoms with E-state index in [1.807, 2.05) is 0 Å². The molecule has 0 aliphatic rings. The van der Waals surface area contributed by atoms with Crippen LogP contribution >= 0.6 is 0 Å². The molecule has 6 nitrogen and oxygen atoms in total. The van der Waals surface area contributed by atoms with Crippen LogP contribution in [0.2, 0.25) is 0 Å². The molecule has 0 spiro atoms. The van der Waals surface area contributed by atoms with Crippen LogP contribution in [0.4, 0.5) is 5.69 Å². The molecule has 0 unspecified atom stereocenters. The summed E-state index contributed by atoms with van der Waals surface area (Å²) in [5.74, 6) is -1.18. The molecule has 2 aromatic rings. The van der Waals surface area contributed by atoms with E-state index in [9.17, 15) is 9.59 Å². The minimum atomic E-state index is -1.01. The largest absolute Gasteiger partial charge is 0.478 e. The fourth-order valence-corrected chi connectivity index (χ4v) is 1.28. The minimum absolute atomic E-state index is 0.168. The van der Waals surface area contributed by atoms with Crippen LogP contribution in [-0.2, 0) is 0 Å². The van der Waals surface area contributed by atoms with Gasteiger partial charge < -0.3 is 15.4 Å². The molecule has 0 saturated carbocycles. The molecule has 0 fully saturated rings. The Morgan fingerprint density at radius 2 is 1.94 bits per heavy atom. The zero-order valence-corrected chi connectivity index (χ0v) is 8.68. The zero-order chi connectivity index (χ0) is 12.3. The van der Waals surface area contributed by atoms with Crippen LogP contribution in [0.1, 0.15) is 21.0 Å². The number of carboxylic acids is 1. The number of carboxylic acid groups (broad SMARTS) is 1. The summed E-state index contributed by atoms with van der Waals surface area (Å²) in [5, 5.41) is 11.3. The van der Waals surface area contributed by atoms with E-state index in [-0.39, 0.29) is 17.3 Å². The molecule has 0 bridgehead atoms. The average Bonchev–Trinajstić information content (AvgIpc) is 2.83. The minimum Gasteiger partial charge on any atom is -0.478 e. The highest BCUT2D eigenvalue weighted by atomic mass is 16.4. The molecule has 2 rings (SSSR count). The first-order valence-corrected chi connectivity index (χ1v) is 4.81. The van der Waals surface area contributed by atoms with Crippen LogP contribution in [0.25, 0.3) is 0 Å². The van der Waals surface area contributed by atoms with Crippen molar-refractivity contribution in [1.29, 1.82) is 0 Å². The molecule has 0 atom stereocenters. The van der Waals surface area contributed by atoms with Gasteiger partial charge in [0.2, 0.25) is 0 Å². The maximum absolute atomic E-state index is 11.6. The predicted molar refractivity (Wildman–Crippen MR) is 59.9 cm³/mol. The Balaban J connectivity index is 2.09. The number of hydrogen-bond donors (Lipinski definition) is 3. The van der Waals surface area contributed by atoms with E-state index in [0.717, 1.165) is 0 Å². The van der Waals surface area contributed by atoms with Crippen molar-refractivity contribution >= 4 is 17.6 Å². The summed E-state index contributed by atoms with van der Waals surface area (Å²) in [7, 11) is 0. The second-order valence-corrected chi connectivity index (χ2v) is 3.27. The Labute approximate surface area is 96.3 Å². The highest BCUT2D eigenvalue weighted by Gasteiger charge is 2.08. The second-order valence-electron chi connectivity index (χ2n) is 3.27. The molecule has 86 valence electrons. The quantitative estimate of drug-likeness (QED) is 0.743. The normalized spacial score (nSPS) is 9.88. The molecule has 3 N–H and O–H groups in total. The molecule has 0 aliphatic heterocycles. The number of amides is 1. The highest BCUT2D eigenvalue weighted by molar-refractivity contribution is 6.01. The Kier molecular flexibility index (Phi) is 2.87. The molecular weight excluding hydrogens is 222 g/mol. The number of imidazole rings is 1. The maximum Gasteiger partial charge on any atom is 0.335 e. The van der Waals surface area contributed by atoms with Gasteiger partial charge in [-0.15, -0.1) is 0 Å². The third-order valence-corrected chi connectivity index (χ3v) is 2.10. The van der Waals surface area contributed by atoms with Crippen molar-refractivity contribution in [2.75, 3.05) is 5.32 Å². The lowest BCUT2D eigenvalue weighted by molar-refractivity contribution is 0.0696. The number of aromatic nitrogens is 2. The summed E-state index contributed by atoms with van der Waals surface area (Å²) in [6.07, 6.45) is 3.02. The van der Waals surface area contributed by atoms with E-state index in [2.05, 4.69) is 15.3 Å². The van der Waals surface area contributed by atoms with Crippen LogP contribution in [0.15, 0.2) is 36.7 Å². The van der Waals surface area contributed by atoms with Crippen molar-refractivity contribution in [1.82, 2.24) is 9.97 Å². The van der Waals surface area contributed by atoms with E-state index in [1.54, 1.807) is 6.20 Å². The Morgan fingerprint density at radius 3 is 2.47 bits per heavy atom. The lowest BCUT2D eigenvalue weighted by Gasteiger charge is -2.03. The molecule has 0 saturated heterocycles. The molecule has 17 heavy (non-hydrogen) atoms. The number of nitrogens with one attached hydrogen (secondary N) is 2. The first-order valence-electron chi connectivity index (χ1n) is 4.81. The number of H-pyrrole nitrogens is 1. The highest BCUT2D eigenvalue weighted by Crippen LogP contribution is 2.10. The van der Waals surface area contributed by atoms with E-state index >= 15 is 0 Å². The predicted octanol–water partition coefficient (Wildman–Crippen LogP) is 1.36. The summed E-state index contributed by atoms with van der Waals surface area (Å²) in [5.41, 5.74) is 0.678. The van der Waals surface area contributed by atoms with Gasteiger partial charge in [-0.1, -0.05) is 0 Å². The molecule has 1 aromatic heterocycles. The lowest BCUT2D eigenvalue weighted by atomic mass is 10.2. The van der Waals surface area contributed by atoms with Crippen LogP contribution in [-0.4, -0.2) is 27.0 Å². The van der Waals surface area contributed by atoms with Gasteiger partial charge in [-0.3, -0.25) is 4.79 Å². The summed E-state index contributed by atoms with van der Waals surface area (Å²) < 4.78 is 0. The number of aromatic amines is 1. The number of carbonyl (C=O) groups excluding carboxylic acids is 1. The topological polar surface area (TPSA) is 95.1 Å². The van der Waals surface area contributed by atoms with Gasteiger partial charge in [-0.05, 0) is 24.3 Å². The van der Waals surface area contributed by atoms with Crippen LogP contribution in [0.3, 0.4) is 0 Å². The molecule has 0 aliphatic carbocycles. The van der Waals surface area contributed by atoms with Crippen molar-refractivity contribution in [3.63, 3.8) is 0 Å². The molecule has 6 heteroatoms. The average molecular weight is 231 g/mol. The number of nitrogens with zero attached hydrogens (tertiary/aromatic N) is 1. The Hall–Kier alpha value is -2.63. The van der Waals surface area contributed by atoms with Gasteiger partial charge in [-0.2, -0.15) is 0 Å². The molecule has 1 amide bonds. The van der Waals surface area contributed by atoms with Gasteiger partial charge in [0.1, 0.15) is 0 Å². The molecule has 1 aromatic carbocycles. The lowest BCUT2D eigenvalue weighted by Crippen LogP contribution is -2.13. The van der Waals surface area contributed by atoms with Crippen molar-refractivity contribution in [2.45, 2.75) is 0 Å². The Bertz CT molecular complexity index is 532. The number of rotatable bonds is 3. The van der Waals surface area contributed by atoms with Crippen LogP contribution in [0, 0.1) is 0 Å². The van der Waals surface area contributed by atoms with E-state index in [1.165, 1.54) is 30.5 Å². The molecule has 0 radical (unpaired) electrons. The van der Waals surface area contributed by atoms with Gasteiger partial charge in [0.05, 0.1) is 5.56 Å². The first-order chi connectivity index (χ1) is 8.16. The maximum atomic E-state index is 11.6. The van der Waals surface area contributed by atoms with E-state index in [4.69, 9.17) is 5.11 Å². The monoisotopic (exact) mass is 231 g/mol. The number of aromatic carboxylic acids is 1. The van der Waals surface area contributed by atoms with Gasteiger partial charge in [-0.25, -0.2) is 9.78 Å². The van der Waals surface area contributed by atoms with Gasteiger partial charge >= 0.3 is 5.97 Å². The van der Waals surface area contributed by atoms with Crippen LogP contribution < -0.4 is 5.32 Å². The smallest absolute Gasteiger partial charge is 0.335 e. The summed E-state index contributed by atoms with van der Waals surface area (Å²) >= 11 is 0. The SMILES string of the molecule is O=C(O)c1ccc(NC(=O)c2ncc[nH]2)cc1. The van der Waals surface area contributed by atoms with Gasteiger partial charge in [0.25, 0.3) is 5.91 Å². The third kappa shape index (κ3) is 2.49. The molecule has 1 heterocycles. The van der Waals surface area contributed by atoms with Crippen molar-refractivity contribution in [3.05, 3.63) is 48.0 Å². The summed E-state index contributed by atoms with van der Waals surface area (Å²) in [6, 6.07) is 5.87. The van der Waals surface area contributed by atoms with Crippen molar-refractivity contribution in [2.24, 2.45) is 0 Å². The summed E-state index contributed by atoms with van der Waals surface area (Å²) in [4.78, 5) is 28.7. The fourth-order valence-electron chi connectivity index (χ4n) is 1.28. The van der Waals surface area contributed by atoms with E-state index < -0.39 is 5.97 Å². The van der Waals surface area contributed by atoms with Gasteiger partial charge in [0, 0.05) is 18.1 Å². The number of carbonyl (C=O) groups is 2. The van der Waals surface area contributed by atoms with E-state index in [0.29, 0.717) is 5.69 Å². The first kappa shape index (κ1) is 10.9. The number of hydrogen-bond acceptors (Lipinski definition) is 3. The number of anilines is 1. The zero-order valence-electron chi connectivity index (χ0n) is 8.68. The van der Waals surface area contributed by atoms with Crippen molar-refractivity contribution < 1.29 is 14.7 Å². The van der Waals surface area contributed by atoms with Gasteiger partial charge in [0.15, 0.2) is 5.82 Å². The fraction of sp³-hybridized carbons (Fsp3) is 0. The third-order valence-electron chi connectivity index (χ3n) is 2.10. The van der Waals surface area contributed by atoms with Crippen LogP contribution in [0.5, 0.6) is 0 Å². The number of benzene rings is 1. The Morgan fingerprint density at radius 1 is 1.24 bits per heavy atom.